The molecule has 0 saturated carbocycles. The molecule has 0 aromatic carbocycles. The first-order chi connectivity index (χ1) is 10.2. The van der Waals surface area contributed by atoms with Crippen LogP contribution in [-0.2, 0) is 9.53 Å². The van der Waals surface area contributed by atoms with Gasteiger partial charge in [-0.1, -0.05) is 57.6 Å². The Bertz CT molecular complexity index is 264. The highest BCUT2D eigenvalue weighted by atomic mass is 32.1. The maximum Gasteiger partial charge on any atom is 0.306 e. The predicted molar refractivity (Wildman–Crippen MR) is 95.0 cm³/mol. The lowest BCUT2D eigenvalue weighted by atomic mass is 10.1. The zero-order valence-electron chi connectivity index (χ0n) is 14.0. The summed E-state index contributed by atoms with van der Waals surface area (Å²) in [5.41, 5.74) is 0. The molecule has 0 aliphatic rings. The van der Waals surface area contributed by atoms with Crippen LogP contribution in [0.25, 0.3) is 0 Å². The minimum Gasteiger partial charge on any atom is -0.469 e. The molecule has 21 heavy (non-hydrogen) atoms. The van der Waals surface area contributed by atoms with Gasteiger partial charge in [0.15, 0.2) is 0 Å². The van der Waals surface area contributed by atoms with Crippen molar-refractivity contribution in [3.05, 3.63) is 12.2 Å². The molecule has 2 nitrogen and oxygen atoms in total. The number of esters is 1. The molecule has 0 radical (unpaired) electrons. The van der Waals surface area contributed by atoms with Gasteiger partial charge in [-0.3, -0.25) is 4.79 Å². The third kappa shape index (κ3) is 15.8. The molecule has 0 spiro atoms. The molecular formula is C18H34O2S. The minimum absolute atomic E-state index is 0.143. The van der Waals surface area contributed by atoms with Gasteiger partial charge in [0.2, 0.25) is 0 Å². The fourth-order valence-corrected chi connectivity index (χ4v) is 2.63. The second kappa shape index (κ2) is 15.9. The molecule has 0 saturated heterocycles. The monoisotopic (exact) mass is 314 g/mol. The summed E-state index contributed by atoms with van der Waals surface area (Å²) in [6.07, 6.45) is 18.9. The number of carbonyl (C=O) groups is 1. The number of rotatable bonds is 14. The number of carbonyl (C=O) groups excluding carboxylic acids is 1. The molecule has 0 bridgehead atoms. The average Bonchev–Trinajstić information content (AvgIpc) is 2.48. The van der Waals surface area contributed by atoms with Crippen LogP contribution in [0.15, 0.2) is 12.2 Å². The highest BCUT2D eigenvalue weighted by Gasteiger charge is 2.08. The summed E-state index contributed by atoms with van der Waals surface area (Å²) < 4.78 is 4.64. The van der Waals surface area contributed by atoms with Crippen LogP contribution >= 0.6 is 12.6 Å². The van der Waals surface area contributed by atoms with E-state index >= 15 is 0 Å². The Morgan fingerprint density at radius 3 is 2.19 bits per heavy atom. The van der Waals surface area contributed by atoms with Gasteiger partial charge >= 0.3 is 5.97 Å². The molecule has 1 unspecified atom stereocenters. The summed E-state index contributed by atoms with van der Waals surface area (Å²) in [6, 6.07) is 0. The molecule has 0 amide bonds. The van der Waals surface area contributed by atoms with Crippen molar-refractivity contribution >= 4 is 18.6 Å². The Labute approximate surface area is 137 Å². The van der Waals surface area contributed by atoms with Gasteiger partial charge in [-0.2, -0.15) is 12.6 Å². The van der Waals surface area contributed by atoms with Gasteiger partial charge in [0.25, 0.3) is 0 Å². The molecule has 1 atom stereocenters. The van der Waals surface area contributed by atoms with E-state index in [1.165, 1.54) is 58.5 Å². The number of unbranched alkanes of at least 4 members (excludes halogenated alkanes) is 8. The van der Waals surface area contributed by atoms with Gasteiger partial charge in [0.05, 0.1) is 13.5 Å². The Balaban J connectivity index is 3.27. The van der Waals surface area contributed by atoms with Crippen molar-refractivity contribution < 1.29 is 9.53 Å². The maximum absolute atomic E-state index is 11.1. The number of ether oxygens (including phenoxy) is 1. The first kappa shape index (κ1) is 20.6. The maximum atomic E-state index is 11.1. The fraction of sp³-hybridized carbons (Fsp3) is 0.833. The summed E-state index contributed by atoms with van der Waals surface area (Å²) in [4.78, 5) is 11.1. The second-order valence-corrected chi connectivity index (χ2v) is 6.48. The van der Waals surface area contributed by atoms with Crippen LogP contribution in [0.4, 0.5) is 0 Å². The van der Waals surface area contributed by atoms with E-state index in [9.17, 15) is 4.79 Å². The smallest absolute Gasteiger partial charge is 0.306 e. The zero-order valence-corrected chi connectivity index (χ0v) is 14.9. The molecule has 0 aliphatic carbocycles. The van der Waals surface area contributed by atoms with E-state index in [2.05, 4.69) is 36.4 Å². The third-order valence-electron chi connectivity index (χ3n) is 3.68. The predicted octanol–water partition coefficient (Wildman–Crippen LogP) is 5.72. The summed E-state index contributed by atoms with van der Waals surface area (Å²) in [7, 11) is 1.43. The SMILES string of the molecule is CCCCCCCCC=CCCCCC(S)CC(=O)OC. The van der Waals surface area contributed by atoms with Crippen molar-refractivity contribution in [2.75, 3.05) is 7.11 Å². The van der Waals surface area contributed by atoms with Crippen molar-refractivity contribution in [3.8, 4) is 0 Å². The molecule has 0 aromatic rings. The van der Waals surface area contributed by atoms with Crippen molar-refractivity contribution in [1.82, 2.24) is 0 Å². The van der Waals surface area contributed by atoms with E-state index in [0.29, 0.717) is 6.42 Å². The molecule has 0 N–H and O–H groups in total. The van der Waals surface area contributed by atoms with E-state index in [-0.39, 0.29) is 11.2 Å². The van der Waals surface area contributed by atoms with E-state index < -0.39 is 0 Å². The van der Waals surface area contributed by atoms with E-state index in [1.54, 1.807) is 0 Å². The van der Waals surface area contributed by atoms with Crippen LogP contribution < -0.4 is 0 Å². The van der Waals surface area contributed by atoms with Gasteiger partial charge in [-0.15, -0.1) is 0 Å². The molecule has 0 heterocycles. The average molecular weight is 315 g/mol. The Morgan fingerprint density at radius 1 is 1.00 bits per heavy atom. The van der Waals surface area contributed by atoms with Gasteiger partial charge in [0.1, 0.15) is 0 Å². The second-order valence-electron chi connectivity index (χ2n) is 5.75. The highest BCUT2D eigenvalue weighted by molar-refractivity contribution is 7.81. The summed E-state index contributed by atoms with van der Waals surface area (Å²) in [6.45, 7) is 2.26. The quantitative estimate of drug-likeness (QED) is 0.192. The van der Waals surface area contributed by atoms with Crippen molar-refractivity contribution in [2.24, 2.45) is 0 Å². The van der Waals surface area contributed by atoms with Crippen LogP contribution in [0, 0.1) is 0 Å². The summed E-state index contributed by atoms with van der Waals surface area (Å²) >= 11 is 4.41. The molecule has 0 fully saturated rings. The molecule has 0 rings (SSSR count). The molecule has 0 aliphatic heterocycles. The van der Waals surface area contributed by atoms with Crippen molar-refractivity contribution in [1.29, 1.82) is 0 Å². The number of allylic oxidation sites excluding steroid dienone is 2. The lowest BCUT2D eigenvalue weighted by molar-refractivity contribution is -0.140. The molecule has 0 aromatic heterocycles. The standard InChI is InChI=1S/C18H34O2S/c1-3-4-5-6-7-8-9-10-11-12-13-14-15-17(21)16-18(19)20-2/h10-11,17,21H,3-9,12-16H2,1-2H3. The molecule has 124 valence electrons. The van der Waals surface area contributed by atoms with Gasteiger partial charge < -0.3 is 4.74 Å². The summed E-state index contributed by atoms with van der Waals surface area (Å²) in [5, 5.41) is 0.143. The molecule has 3 heteroatoms. The van der Waals surface area contributed by atoms with Gasteiger partial charge in [0, 0.05) is 5.25 Å². The van der Waals surface area contributed by atoms with Gasteiger partial charge in [-0.25, -0.2) is 0 Å². The number of hydrogen-bond donors (Lipinski definition) is 1. The highest BCUT2D eigenvalue weighted by Crippen LogP contribution is 2.13. The summed E-state index contributed by atoms with van der Waals surface area (Å²) in [5.74, 6) is -0.158. The fourth-order valence-electron chi connectivity index (χ4n) is 2.30. The lowest BCUT2D eigenvalue weighted by Gasteiger charge is -2.07. The van der Waals surface area contributed by atoms with Crippen molar-refractivity contribution in [2.45, 2.75) is 89.2 Å². The Kier molecular flexibility index (Phi) is 15.6. The topological polar surface area (TPSA) is 26.3 Å². The van der Waals surface area contributed by atoms with Crippen LogP contribution in [0.1, 0.15) is 84.0 Å². The van der Waals surface area contributed by atoms with Crippen LogP contribution in [0.3, 0.4) is 0 Å². The first-order valence-electron chi connectivity index (χ1n) is 8.60. The first-order valence-corrected chi connectivity index (χ1v) is 9.12. The van der Waals surface area contributed by atoms with Gasteiger partial charge in [-0.05, 0) is 32.1 Å². The lowest BCUT2D eigenvalue weighted by Crippen LogP contribution is -2.09. The zero-order chi connectivity index (χ0) is 15.8. The van der Waals surface area contributed by atoms with Crippen LogP contribution in [0.5, 0.6) is 0 Å². The van der Waals surface area contributed by atoms with Crippen LogP contribution in [0.2, 0.25) is 0 Å². The molecular weight excluding hydrogens is 280 g/mol. The number of hydrogen-bond acceptors (Lipinski definition) is 3. The largest absolute Gasteiger partial charge is 0.469 e. The Hall–Kier alpha value is -0.440. The number of thiol groups is 1. The van der Waals surface area contributed by atoms with Crippen LogP contribution in [-0.4, -0.2) is 18.3 Å². The Morgan fingerprint density at radius 2 is 1.57 bits per heavy atom. The van der Waals surface area contributed by atoms with E-state index in [0.717, 1.165) is 19.3 Å². The normalized spacial score (nSPS) is 12.7. The van der Waals surface area contributed by atoms with E-state index in [1.807, 2.05) is 0 Å². The third-order valence-corrected chi connectivity index (χ3v) is 4.12. The van der Waals surface area contributed by atoms with E-state index in [4.69, 9.17) is 0 Å². The number of methoxy groups -OCH3 is 1. The minimum atomic E-state index is -0.158. The van der Waals surface area contributed by atoms with Crippen molar-refractivity contribution in [3.63, 3.8) is 0 Å².